The first-order valence-corrected chi connectivity index (χ1v) is 6.94. The van der Waals surface area contributed by atoms with Crippen molar-refractivity contribution in [2.75, 3.05) is 4.72 Å². The van der Waals surface area contributed by atoms with Crippen molar-refractivity contribution in [3.05, 3.63) is 36.5 Å². The highest BCUT2D eigenvalue weighted by Gasteiger charge is 2.18. The number of nitrogens with one attached hydrogen (secondary N) is 1. The summed E-state index contributed by atoms with van der Waals surface area (Å²) >= 11 is 0. The lowest BCUT2D eigenvalue weighted by Gasteiger charge is -2.06. The zero-order valence-corrected chi connectivity index (χ0v) is 10.9. The minimum Gasteiger partial charge on any atom is -0.505 e. The normalized spacial score (nSPS) is 11.5. The molecule has 0 aliphatic heterocycles. The predicted octanol–water partition coefficient (Wildman–Crippen LogP) is 1.55. The second-order valence-electron chi connectivity index (χ2n) is 3.81. The zero-order chi connectivity index (χ0) is 14.0. The molecule has 2 aromatic rings. The summed E-state index contributed by atoms with van der Waals surface area (Å²) in [6.07, 6.45) is 2.77. The fourth-order valence-electron chi connectivity index (χ4n) is 1.43. The molecule has 0 unspecified atom stereocenters. The van der Waals surface area contributed by atoms with E-state index in [1.54, 1.807) is 4.57 Å². The lowest BCUT2D eigenvalue weighted by molar-refractivity contribution is 0.432. The third kappa shape index (κ3) is 2.84. The number of phenolic OH excluding ortho intramolecular Hbond substituents is 1. The van der Waals surface area contributed by atoms with Gasteiger partial charge in [-0.25, -0.2) is 9.37 Å². The molecule has 102 valence electrons. The van der Waals surface area contributed by atoms with Gasteiger partial charge in [-0.2, -0.15) is 8.42 Å². The van der Waals surface area contributed by atoms with Gasteiger partial charge in [0.15, 0.2) is 16.6 Å². The molecular formula is C11H12FN3O3S. The number of aryl methyl sites for hydroxylation is 1. The molecule has 0 saturated heterocycles. The average molecular weight is 285 g/mol. The lowest BCUT2D eigenvalue weighted by Crippen LogP contribution is -2.13. The number of aromatic nitrogens is 2. The van der Waals surface area contributed by atoms with Gasteiger partial charge in [-0.05, 0) is 19.1 Å². The Morgan fingerprint density at radius 1 is 1.47 bits per heavy atom. The van der Waals surface area contributed by atoms with E-state index in [2.05, 4.69) is 9.71 Å². The van der Waals surface area contributed by atoms with Gasteiger partial charge in [0.2, 0.25) is 0 Å². The van der Waals surface area contributed by atoms with E-state index in [-0.39, 0.29) is 10.7 Å². The Morgan fingerprint density at radius 3 is 2.79 bits per heavy atom. The Bertz CT molecular complexity index is 697. The van der Waals surface area contributed by atoms with Gasteiger partial charge in [0.25, 0.3) is 10.0 Å². The minimum atomic E-state index is -3.86. The van der Waals surface area contributed by atoms with Crippen molar-refractivity contribution in [1.82, 2.24) is 9.55 Å². The summed E-state index contributed by atoms with van der Waals surface area (Å²) < 4.78 is 40.8. The number of hydrogen-bond acceptors (Lipinski definition) is 4. The SMILES string of the molecule is CCn1cnc(S(=O)(=O)Nc2ccc(O)c(F)c2)c1. The van der Waals surface area contributed by atoms with Crippen LogP contribution < -0.4 is 4.72 Å². The van der Waals surface area contributed by atoms with Gasteiger partial charge in [-0.15, -0.1) is 0 Å². The van der Waals surface area contributed by atoms with Crippen molar-refractivity contribution in [3.63, 3.8) is 0 Å². The number of anilines is 1. The summed E-state index contributed by atoms with van der Waals surface area (Å²) in [5.41, 5.74) is 0.0151. The van der Waals surface area contributed by atoms with Gasteiger partial charge in [-0.3, -0.25) is 4.72 Å². The Labute approximate surface area is 109 Å². The third-order valence-electron chi connectivity index (χ3n) is 2.45. The van der Waals surface area contributed by atoms with Gasteiger partial charge in [-0.1, -0.05) is 0 Å². The zero-order valence-electron chi connectivity index (χ0n) is 10.0. The first kappa shape index (κ1) is 13.3. The lowest BCUT2D eigenvalue weighted by atomic mass is 10.3. The maximum absolute atomic E-state index is 13.1. The van der Waals surface area contributed by atoms with Crippen LogP contribution in [0.2, 0.25) is 0 Å². The number of phenols is 1. The molecule has 1 heterocycles. The fourth-order valence-corrected chi connectivity index (χ4v) is 2.43. The number of benzene rings is 1. The maximum Gasteiger partial charge on any atom is 0.280 e. The van der Waals surface area contributed by atoms with Crippen LogP contribution in [0.1, 0.15) is 6.92 Å². The van der Waals surface area contributed by atoms with Crippen LogP contribution in [-0.4, -0.2) is 23.1 Å². The molecule has 0 aliphatic rings. The van der Waals surface area contributed by atoms with E-state index in [1.807, 2.05) is 6.92 Å². The van der Waals surface area contributed by atoms with Crippen molar-refractivity contribution in [2.24, 2.45) is 0 Å². The summed E-state index contributed by atoms with van der Waals surface area (Å²) in [6, 6.07) is 3.22. The van der Waals surface area contributed by atoms with E-state index in [9.17, 15) is 12.8 Å². The van der Waals surface area contributed by atoms with E-state index in [0.29, 0.717) is 6.54 Å². The van der Waals surface area contributed by atoms with E-state index in [0.717, 1.165) is 12.1 Å². The summed E-state index contributed by atoms with van der Waals surface area (Å²) in [6.45, 7) is 2.44. The summed E-state index contributed by atoms with van der Waals surface area (Å²) in [5, 5.41) is 8.88. The van der Waals surface area contributed by atoms with Crippen molar-refractivity contribution >= 4 is 15.7 Å². The van der Waals surface area contributed by atoms with Gasteiger partial charge < -0.3 is 9.67 Å². The van der Waals surface area contributed by atoms with Crippen LogP contribution in [0.4, 0.5) is 10.1 Å². The number of aromatic hydroxyl groups is 1. The van der Waals surface area contributed by atoms with E-state index < -0.39 is 21.6 Å². The average Bonchev–Trinajstić information content (AvgIpc) is 2.83. The van der Waals surface area contributed by atoms with E-state index in [1.165, 1.54) is 18.6 Å². The van der Waals surface area contributed by atoms with E-state index in [4.69, 9.17) is 5.11 Å². The van der Waals surface area contributed by atoms with Crippen molar-refractivity contribution in [1.29, 1.82) is 0 Å². The highest BCUT2D eigenvalue weighted by molar-refractivity contribution is 7.92. The number of rotatable bonds is 4. The van der Waals surface area contributed by atoms with Gasteiger partial charge in [0, 0.05) is 18.8 Å². The monoisotopic (exact) mass is 285 g/mol. The number of sulfonamides is 1. The molecule has 0 amide bonds. The smallest absolute Gasteiger partial charge is 0.280 e. The van der Waals surface area contributed by atoms with Crippen LogP contribution in [0.25, 0.3) is 0 Å². The van der Waals surface area contributed by atoms with Gasteiger partial charge >= 0.3 is 0 Å². The fraction of sp³-hybridized carbons (Fsp3) is 0.182. The summed E-state index contributed by atoms with van der Waals surface area (Å²) in [5.74, 6) is -1.45. The first-order chi connectivity index (χ1) is 8.92. The Morgan fingerprint density at radius 2 is 2.21 bits per heavy atom. The quantitative estimate of drug-likeness (QED) is 0.835. The predicted molar refractivity (Wildman–Crippen MR) is 66.8 cm³/mol. The minimum absolute atomic E-state index is 0.0151. The van der Waals surface area contributed by atoms with Crippen LogP contribution in [0.15, 0.2) is 35.7 Å². The molecule has 1 aromatic carbocycles. The molecule has 1 aromatic heterocycles. The molecule has 0 bridgehead atoms. The number of imidazole rings is 1. The van der Waals surface area contributed by atoms with Crippen molar-refractivity contribution in [3.8, 4) is 5.75 Å². The van der Waals surface area contributed by atoms with Gasteiger partial charge in [0.1, 0.15) is 0 Å². The first-order valence-electron chi connectivity index (χ1n) is 5.45. The van der Waals surface area contributed by atoms with Crippen LogP contribution >= 0.6 is 0 Å². The van der Waals surface area contributed by atoms with Crippen molar-refractivity contribution in [2.45, 2.75) is 18.5 Å². The van der Waals surface area contributed by atoms with Crippen LogP contribution in [0.5, 0.6) is 5.75 Å². The molecule has 0 spiro atoms. The summed E-state index contributed by atoms with van der Waals surface area (Å²) in [7, 11) is -3.86. The molecule has 0 atom stereocenters. The molecule has 8 heteroatoms. The molecule has 0 radical (unpaired) electrons. The molecule has 6 nitrogen and oxygen atoms in total. The maximum atomic E-state index is 13.1. The van der Waals surface area contributed by atoms with Crippen LogP contribution in [0.3, 0.4) is 0 Å². The molecule has 2 N–H and O–H groups in total. The molecular weight excluding hydrogens is 273 g/mol. The molecule has 19 heavy (non-hydrogen) atoms. The number of halogens is 1. The summed E-state index contributed by atoms with van der Waals surface area (Å²) in [4.78, 5) is 3.76. The Balaban J connectivity index is 2.28. The second kappa shape index (κ2) is 4.88. The van der Waals surface area contributed by atoms with Crippen LogP contribution in [0, 0.1) is 5.82 Å². The number of nitrogens with zero attached hydrogens (tertiary/aromatic N) is 2. The molecule has 2 rings (SSSR count). The third-order valence-corrected chi connectivity index (χ3v) is 3.72. The topological polar surface area (TPSA) is 84.2 Å². The highest BCUT2D eigenvalue weighted by Crippen LogP contribution is 2.21. The highest BCUT2D eigenvalue weighted by atomic mass is 32.2. The largest absolute Gasteiger partial charge is 0.505 e. The van der Waals surface area contributed by atoms with Gasteiger partial charge in [0.05, 0.1) is 12.0 Å². The van der Waals surface area contributed by atoms with E-state index >= 15 is 0 Å². The van der Waals surface area contributed by atoms with Crippen molar-refractivity contribution < 1.29 is 17.9 Å². The number of hydrogen-bond donors (Lipinski definition) is 2. The molecule has 0 aliphatic carbocycles. The Hall–Kier alpha value is -2.09. The second-order valence-corrected chi connectivity index (χ2v) is 5.44. The van der Waals surface area contributed by atoms with Crippen LogP contribution in [-0.2, 0) is 16.6 Å². The standard InChI is InChI=1S/C11H12FN3O3S/c1-2-15-6-11(13-7-15)19(17,18)14-8-3-4-10(16)9(12)5-8/h3-7,14,16H,2H2,1H3. The molecule has 0 saturated carbocycles. The Kier molecular flexibility index (Phi) is 3.43. The molecule has 0 fully saturated rings.